The first-order valence-corrected chi connectivity index (χ1v) is 6.10. The molecule has 0 fully saturated rings. The van der Waals surface area contributed by atoms with Gasteiger partial charge in [-0.25, -0.2) is 9.18 Å². The zero-order chi connectivity index (χ0) is 14.3. The fraction of sp³-hybridized carbons (Fsp3) is 0.462. The number of halogens is 1. The highest BCUT2D eigenvalue weighted by Gasteiger charge is 2.11. The molecular weight excluding hydrogens is 249 g/mol. The van der Waals surface area contributed by atoms with Crippen LogP contribution in [0.25, 0.3) is 0 Å². The molecule has 0 radical (unpaired) electrons. The van der Waals surface area contributed by atoms with Crippen LogP contribution >= 0.6 is 0 Å². The maximum Gasteiger partial charge on any atom is 0.316 e. The molecule has 0 heterocycles. The third kappa shape index (κ3) is 5.23. The second kappa shape index (κ2) is 7.70. The van der Waals surface area contributed by atoms with Gasteiger partial charge in [0.05, 0.1) is 6.10 Å². The second-order valence-electron chi connectivity index (χ2n) is 4.37. The van der Waals surface area contributed by atoms with E-state index in [1.807, 2.05) is 0 Å². The number of benzene rings is 1. The highest BCUT2D eigenvalue weighted by molar-refractivity contribution is 5.73. The van der Waals surface area contributed by atoms with Crippen molar-refractivity contribution in [1.82, 2.24) is 15.5 Å². The summed E-state index contributed by atoms with van der Waals surface area (Å²) in [5.74, 6) is -0.419. The van der Waals surface area contributed by atoms with Gasteiger partial charge < -0.3 is 20.6 Å². The topological polar surface area (TPSA) is 64.6 Å². The van der Waals surface area contributed by atoms with E-state index in [2.05, 4.69) is 10.6 Å². The molecule has 1 aromatic carbocycles. The van der Waals surface area contributed by atoms with Gasteiger partial charge in [-0.05, 0) is 6.07 Å². The Morgan fingerprint density at radius 2 is 2.05 bits per heavy atom. The Labute approximate surface area is 112 Å². The van der Waals surface area contributed by atoms with Crippen molar-refractivity contribution in [2.45, 2.75) is 6.10 Å². The van der Waals surface area contributed by atoms with Crippen LogP contribution in [0.3, 0.4) is 0 Å². The van der Waals surface area contributed by atoms with E-state index in [0.717, 1.165) is 0 Å². The summed E-state index contributed by atoms with van der Waals surface area (Å²) in [5, 5.41) is 15.4. The summed E-state index contributed by atoms with van der Waals surface area (Å²) in [7, 11) is 3.31. The molecule has 1 aromatic rings. The molecule has 1 unspecified atom stereocenters. The Bertz CT molecular complexity index is 413. The molecule has 0 spiro atoms. The van der Waals surface area contributed by atoms with Crippen molar-refractivity contribution >= 4 is 6.03 Å². The average Bonchev–Trinajstić information content (AvgIpc) is 2.38. The van der Waals surface area contributed by atoms with Crippen molar-refractivity contribution in [1.29, 1.82) is 0 Å². The van der Waals surface area contributed by atoms with E-state index in [-0.39, 0.29) is 18.1 Å². The summed E-state index contributed by atoms with van der Waals surface area (Å²) in [6.07, 6.45) is -0.897. The summed E-state index contributed by atoms with van der Waals surface area (Å²) in [5.41, 5.74) is 0.271. The van der Waals surface area contributed by atoms with Gasteiger partial charge in [-0.15, -0.1) is 0 Å². The van der Waals surface area contributed by atoms with Crippen LogP contribution in [0, 0.1) is 5.82 Å². The zero-order valence-electron chi connectivity index (χ0n) is 11.2. The number of carbonyl (C=O) groups excluding carboxylic acids is 1. The molecule has 19 heavy (non-hydrogen) atoms. The molecule has 2 amide bonds. The van der Waals surface area contributed by atoms with Crippen LogP contribution < -0.4 is 10.6 Å². The third-order valence-corrected chi connectivity index (χ3v) is 2.59. The van der Waals surface area contributed by atoms with Gasteiger partial charge in [0.1, 0.15) is 5.82 Å². The van der Waals surface area contributed by atoms with Gasteiger partial charge in [0.25, 0.3) is 0 Å². The van der Waals surface area contributed by atoms with Crippen LogP contribution in [0.5, 0.6) is 0 Å². The van der Waals surface area contributed by atoms with Crippen molar-refractivity contribution in [3.63, 3.8) is 0 Å². The molecule has 1 atom stereocenters. The van der Waals surface area contributed by atoms with Crippen molar-refractivity contribution in [2.24, 2.45) is 0 Å². The number of nitrogens with one attached hydrogen (secondary N) is 2. The van der Waals surface area contributed by atoms with Gasteiger partial charge in [0.2, 0.25) is 0 Å². The lowest BCUT2D eigenvalue weighted by Gasteiger charge is -2.14. The maximum absolute atomic E-state index is 13.4. The summed E-state index contributed by atoms with van der Waals surface area (Å²) >= 11 is 0. The van der Waals surface area contributed by atoms with Crippen molar-refractivity contribution in [2.75, 3.05) is 33.7 Å². The molecule has 106 valence electrons. The summed E-state index contributed by atoms with van der Waals surface area (Å²) in [4.78, 5) is 12.6. The van der Waals surface area contributed by atoms with E-state index < -0.39 is 11.9 Å². The number of hydrogen-bond donors (Lipinski definition) is 3. The minimum absolute atomic E-state index is 0.170. The Hall–Kier alpha value is -1.66. The normalized spacial score (nSPS) is 12.0. The quantitative estimate of drug-likeness (QED) is 0.667. The van der Waals surface area contributed by atoms with Crippen LogP contribution in [0.4, 0.5) is 9.18 Å². The van der Waals surface area contributed by atoms with E-state index >= 15 is 0 Å². The largest absolute Gasteiger partial charge is 0.387 e. The van der Waals surface area contributed by atoms with Crippen LogP contribution in [-0.2, 0) is 0 Å². The minimum atomic E-state index is -0.897. The average molecular weight is 269 g/mol. The van der Waals surface area contributed by atoms with Crippen LogP contribution in [-0.4, -0.2) is 49.8 Å². The molecule has 0 saturated heterocycles. The lowest BCUT2D eigenvalue weighted by Crippen LogP contribution is -2.39. The Morgan fingerprint density at radius 3 is 2.68 bits per heavy atom. The highest BCUT2D eigenvalue weighted by atomic mass is 19.1. The van der Waals surface area contributed by atoms with Crippen LogP contribution in [0.2, 0.25) is 0 Å². The van der Waals surface area contributed by atoms with Gasteiger partial charge in [0.15, 0.2) is 0 Å². The van der Waals surface area contributed by atoms with Crippen molar-refractivity contribution < 1.29 is 14.3 Å². The predicted molar refractivity (Wildman–Crippen MR) is 71.3 cm³/mol. The Balaban J connectivity index is 2.23. The second-order valence-corrected chi connectivity index (χ2v) is 4.37. The van der Waals surface area contributed by atoms with Crippen LogP contribution in [0.1, 0.15) is 11.7 Å². The number of amides is 2. The molecule has 3 N–H and O–H groups in total. The van der Waals surface area contributed by atoms with E-state index in [4.69, 9.17) is 0 Å². The summed E-state index contributed by atoms with van der Waals surface area (Å²) in [6.45, 7) is 1.19. The zero-order valence-corrected chi connectivity index (χ0v) is 11.2. The number of carbonyl (C=O) groups is 1. The lowest BCUT2D eigenvalue weighted by molar-refractivity contribution is 0.170. The standard InChI is InChI=1S/C13H20FN3O2/c1-17(2)13(19)16-8-7-15-9-12(18)10-5-3-4-6-11(10)14/h3-6,12,15,18H,7-9H2,1-2H3,(H,16,19). The first-order chi connectivity index (χ1) is 9.02. The maximum atomic E-state index is 13.4. The fourth-order valence-electron chi connectivity index (χ4n) is 1.51. The van der Waals surface area contributed by atoms with Gasteiger partial charge in [-0.1, -0.05) is 18.2 Å². The molecule has 6 heteroatoms. The summed E-state index contributed by atoms with van der Waals surface area (Å²) < 4.78 is 13.4. The molecule has 0 aliphatic rings. The van der Waals surface area contributed by atoms with Gasteiger partial charge in [-0.3, -0.25) is 0 Å². The molecule has 0 aliphatic carbocycles. The SMILES string of the molecule is CN(C)C(=O)NCCNCC(O)c1ccccc1F. The summed E-state index contributed by atoms with van der Waals surface area (Å²) in [6, 6.07) is 5.96. The molecule has 1 rings (SSSR count). The highest BCUT2D eigenvalue weighted by Crippen LogP contribution is 2.15. The molecule has 0 bridgehead atoms. The van der Waals surface area contributed by atoms with Gasteiger partial charge in [-0.2, -0.15) is 0 Å². The predicted octanol–water partition coefficient (Wildman–Crippen LogP) is 0.720. The fourth-order valence-corrected chi connectivity index (χ4v) is 1.51. The third-order valence-electron chi connectivity index (χ3n) is 2.59. The lowest BCUT2D eigenvalue weighted by atomic mass is 10.1. The van der Waals surface area contributed by atoms with E-state index in [9.17, 15) is 14.3 Å². The Morgan fingerprint density at radius 1 is 1.37 bits per heavy atom. The molecule has 0 aliphatic heterocycles. The number of nitrogens with zero attached hydrogens (tertiary/aromatic N) is 1. The first kappa shape index (κ1) is 15.4. The number of hydrogen-bond acceptors (Lipinski definition) is 3. The van der Waals surface area contributed by atoms with Crippen molar-refractivity contribution in [3.05, 3.63) is 35.6 Å². The van der Waals surface area contributed by atoms with Crippen molar-refractivity contribution in [3.8, 4) is 0 Å². The Kier molecular flexibility index (Phi) is 6.24. The number of urea groups is 1. The molecule has 0 saturated carbocycles. The minimum Gasteiger partial charge on any atom is -0.387 e. The first-order valence-electron chi connectivity index (χ1n) is 6.10. The van der Waals surface area contributed by atoms with Crippen LogP contribution in [0.15, 0.2) is 24.3 Å². The van der Waals surface area contributed by atoms with E-state index in [1.165, 1.54) is 11.0 Å². The number of rotatable bonds is 6. The van der Waals surface area contributed by atoms with Gasteiger partial charge in [0, 0.05) is 39.3 Å². The van der Waals surface area contributed by atoms with E-state index in [0.29, 0.717) is 13.1 Å². The molecule has 5 nitrogen and oxygen atoms in total. The molecule has 0 aromatic heterocycles. The number of aliphatic hydroxyl groups excluding tert-OH is 1. The smallest absolute Gasteiger partial charge is 0.316 e. The van der Waals surface area contributed by atoms with Gasteiger partial charge >= 0.3 is 6.03 Å². The molecular formula is C13H20FN3O2. The monoisotopic (exact) mass is 269 g/mol. The number of aliphatic hydroxyl groups is 1. The van der Waals surface area contributed by atoms with E-state index in [1.54, 1.807) is 32.3 Å².